The molecule has 0 spiro atoms. The number of fused-ring (bicyclic) bond motifs is 1. The average molecular weight is 683 g/mol. The number of thiazole rings is 1. The zero-order valence-corrected chi connectivity index (χ0v) is 26.7. The number of carbonyl (C=O) groups excluding carboxylic acids is 2. The van der Waals surface area contributed by atoms with Gasteiger partial charge in [0.1, 0.15) is 29.9 Å². The fourth-order valence-electron chi connectivity index (χ4n) is 4.98. The highest BCUT2D eigenvalue weighted by Crippen LogP contribution is 2.41. The van der Waals surface area contributed by atoms with Crippen LogP contribution >= 0.6 is 23.1 Å². The SMILES string of the molecule is CO/N=C(\C(=O)N[C@@H]1C(=O)N2C(C(=O)O)=C(/C=C\c3ccc(C[n+]4ccc(OC)c(OC)c4)cc3[N+](=O)[O-])CS[C@H]12)c1csc(N)n1. The Morgan fingerprint density at radius 3 is 2.66 bits per heavy atom. The van der Waals surface area contributed by atoms with Gasteiger partial charge in [0.25, 0.3) is 17.5 Å². The van der Waals surface area contributed by atoms with E-state index >= 15 is 0 Å². The highest BCUT2D eigenvalue weighted by atomic mass is 32.2. The van der Waals surface area contributed by atoms with E-state index in [0.29, 0.717) is 23.6 Å². The lowest BCUT2D eigenvalue weighted by Gasteiger charge is -2.49. The predicted octanol–water partition coefficient (Wildman–Crippen LogP) is 1.79. The third-order valence-corrected chi connectivity index (χ3v) is 9.13. The summed E-state index contributed by atoms with van der Waals surface area (Å²) >= 11 is 2.33. The number of nitrogen functional groups attached to an aromatic ring is 1. The number of nitrogens with two attached hydrogens (primary N) is 1. The number of oxime groups is 1. The van der Waals surface area contributed by atoms with E-state index in [1.807, 2.05) is 0 Å². The van der Waals surface area contributed by atoms with Crippen LogP contribution in [0.5, 0.6) is 11.5 Å². The number of carbonyl (C=O) groups is 3. The molecular weight excluding hydrogens is 654 g/mol. The van der Waals surface area contributed by atoms with Gasteiger partial charge in [0.15, 0.2) is 29.3 Å². The number of carboxylic acids is 1. The molecule has 2 aliphatic heterocycles. The second kappa shape index (κ2) is 13.9. The van der Waals surface area contributed by atoms with Crippen LogP contribution in [-0.4, -0.2) is 81.9 Å². The molecule has 2 amide bonds. The van der Waals surface area contributed by atoms with Crippen molar-refractivity contribution in [2.24, 2.45) is 5.16 Å². The molecule has 4 N–H and O–H groups in total. The molecule has 5 rings (SSSR count). The van der Waals surface area contributed by atoms with E-state index in [-0.39, 0.29) is 44.8 Å². The molecule has 2 aliphatic rings. The summed E-state index contributed by atoms with van der Waals surface area (Å²) in [6.45, 7) is 0.308. The molecule has 4 heterocycles. The fourth-order valence-corrected chi connectivity index (χ4v) is 6.85. The van der Waals surface area contributed by atoms with Crippen molar-refractivity contribution in [1.29, 1.82) is 0 Å². The molecule has 2 aromatic heterocycles. The zero-order chi connectivity index (χ0) is 33.8. The van der Waals surface area contributed by atoms with Crippen LogP contribution in [0.1, 0.15) is 16.8 Å². The molecule has 1 saturated heterocycles. The molecule has 2 atom stereocenters. The fraction of sp³-hybridized carbons (Fsp3) is 0.241. The van der Waals surface area contributed by atoms with Crippen molar-refractivity contribution in [3.05, 3.63) is 86.3 Å². The highest BCUT2D eigenvalue weighted by molar-refractivity contribution is 8.00. The van der Waals surface area contributed by atoms with E-state index in [2.05, 4.69) is 15.5 Å². The van der Waals surface area contributed by atoms with Gasteiger partial charge in [-0.3, -0.25) is 24.6 Å². The number of nitrogens with one attached hydrogen (secondary N) is 1. The molecule has 16 nitrogen and oxygen atoms in total. The average Bonchev–Trinajstić information content (AvgIpc) is 3.49. The number of hydrogen-bond donors (Lipinski definition) is 3. The Kier molecular flexibility index (Phi) is 9.71. The highest BCUT2D eigenvalue weighted by Gasteiger charge is 2.54. The molecule has 47 heavy (non-hydrogen) atoms. The van der Waals surface area contributed by atoms with E-state index in [9.17, 15) is 29.6 Å². The monoisotopic (exact) mass is 682 g/mol. The maximum Gasteiger partial charge on any atom is 0.352 e. The zero-order valence-electron chi connectivity index (χ0n) is 25.1. The molecule has 1 fully saturated rings. The quantitative estimate of drug-likeness (QED) is 0.0820. The van der Waals surface area contributed by atoms with Crippen LogP contribution in [0, 0.1) is 10.1 Å². The van der Waals surface area contributed by atoms with Gasteiger partial charge in [-0.2, -0.15) is 4.57 Å². The van der Waals surface area contributed by atoms with Gasteiger partial charge in [0.05, 0.1) is 24.7 Å². The number of allylic oxidation sites excluding steroid dienone is 1. The van der Waals surface area contributed by atoms with Crippen molar-refractivity contribution in [2.75, 3.05) is 32.8 Å². The second-order valence-electron chi connectivity index (χ2n) is 9.97. The van der Waals surface area contributed by atoms with E-state index in [1.54, 1.807) is 35.2 Å². The molecule has 0 aliphatic carbocycles. The van der Waals surface area contributed by atoms with Crippen LogP contribution in [0.2, 0.25) is 0 Å². The summed E-state index contributed by atoms with van der Waals surface area (Å²) in [5.41, 5.74) is 6.33. The Bertz CT molecular complexity index is 1860. The summed E-state index contributed by atoms with van der Waals surface area (Å²) in [5.74, 6) is -1.55. The molecule has 0 saturated carbocycles. The number of aromatic nitrogens is 2. The maximum absolute atomic E-state index is 13.2. The number of thioether (sulfide) groups is 1. The molecule has 3 aromatic rings. The second-order valence-corrected chi connectivity index (χ2v) is 12.0. The van der Waals surface area contributed by atoms with Gasteiger partial charge in [0.2, 0.25) is 11.9 Å². The number of rotatable bonds is 12. The van der Waals surface area contributed by atoms with Crippen LogP contribution < -0.4 is 25.1 Å². The van der Waals surface area contributed by atoms with Gasteiger partial charge in [0, 0.05) is 28.8 Å². The summed E-state index contributed by atoms with van der Waals surface area (Å²) in [6.07, 6.45) is 6.36. The molecule has 244 valence electrons. The van der Waals surface area contributed by atoms with E-state index < -0.39 is 34.1 Å². The van der Waals surface area contributed by atoms with Crippen molar-refractivity contribution in [3.8, 4) is 11.5 Å². The Morgan fingerprint density at radius 2 is 2.02 bits per heavy atom. The number of amides is 2. The smallest absolute Gasteiger partial charge is 0.352 e. The first-order valence-electron chi connectivity index (χ1n) is 13.7. The Morgan fingerprint density at radius 1 is 1.26 bits per heavy atom. The Hall–Kier alpha value is -5.49. The molecule has 0 radical (unpaired) electrons. The lowest BCUT2D eigenvalue weighted by molar-refractivity contribution is -0.688. The van der Waals surface area contributed by atoms with Crippen LogP contribution in [0.25, 0.3) is 6.08 Å². The summed E-state index contributed by atoms with van der Waals surface area (Å²) in [7, 11) is 4.28. The molecular formula is C29H28N7O9S2+. The first-order chi connectivity index (χ1) is 22.6. The number of nitrogens with zero attached hydrogens (tertiary/aromatic N) is 5. The van der Waals surface area contributed by atoms with Crippen LogP contribution in [0.4, 0.5) is 10.8 Å². The van der Waals surface area contributed by atoms with E-state index in [1.165, 1.54) is 56.7 Å². The number of hydrogen-bond acceptors (Lipinski definition) is 13. The van der Waals surface area contributed by atoms with Gasteiger partial charge in [-0.1, -0.05) is 17.3 Å². The molecule has 0 bridgehead atoms. The Labute approximate surface area is 275 Å². The number of carboxylic acid groups (broad SMARTS) is 1. The number of nitro benzene ring substituents is 1. The molecule has 0 unspecified atom stereocenters. The normalized spacial score (nSPS) is 17.6. The number of β-lactam (4-membered cyclic amide) rings is 1. The van der Waals surface area contributed by atoms with Gasteiger partial charge < -0.3 is 30.5 Å². The topological polar surface area (TPSA) is 213 Å². The molecule has 18 heteroatoms. The van der Waals surface area contributed by atoms with Crippen LogP contribution in [0.3, 0.4) is 0 Å². The number of nitro groups is 1. The summed E-state index contributed by atoms with van der Waals surface area (Å²) < 4.78 is 12.4. The largest absolute Gasteiger partial charge is 0.492 e. The van der Waals surface area contributed by atoms with Crippen molar-refractivity contribution >= 4 is 63.5 Å². The third kappa shape index (κ3) is 6.73. The first kappa shape index (κ1) is 32.9. The van der Waals surface area contributed by atoms with E-state index in [0.717, 1.165) is 16.2 Å². The van der Waals surface area contributed by atoms with E-state index in [4.69, 9.17) is 20.0 Å². The number of benzene rings is 1. The minimum atomic E-state index is -1.36. The lowest BCUT2D eigenvalue weighted by atomic mass is 10.0. The third-order valence-electron chi connectivity index (χ3n) is 7.15. The van der Waals surface area contributed by atoms with Crippen molar-refractivity contribution in [3.63, 3.8) is 0 Å². The number of anilines is 1. The van der Waals surface area contributed by atoms with Gasteiger partial charge in [-0.25, -0.2) is 9.78 Å². The summed E-state index contributed by atoms with van der Waals surface area (Å²) in [6, 6.07) is 5.41. The lowest BCUT2D eigenvalue weighted by Crippen LogP contribution is -2.71. The minimum Gasteiger partial charge on any atom is -0.492 e. The number of aliphatic carboxylic acids is 1. The summed E-state index contributed by atoms with van der Waals surface area (Å²) in [5, 5.41) is 29.3. The van der Waals surface area contributed by atoms with Gasteiger partial charge in [-0.05, 0) is 17.7 Å². The predicted molar refractivity (Wildman–Crippen MR) is 171 cm³/mol. The van der Waals surface area contributed by atoms with Crippen molar-refractivity contribution in [1.82, 2.24) is 15.2 Å². The van der Waals surface area contributed by atoms with Crippen molar-refractivity contribution in [2.45, 2.75) is 18.0 Å². The summed E-state index contributed by atoms with van der Waals surface area (Å²) in [4.78, 5) is 59.8. The van der Waals surface area contributed by atoms with Gasteiger partial charge in [-0.15, -0.1) is 23.1 Å². The first-order valence-corrected chi connectivity index (χ1v) is 15.6. The van der Waals surface area contributed by atoms with Crippen LogP contribution in [0.15, 0.2) is 64.5 Å². The minimum absolute atomic E-state index is 0.155. The molecule has 1 aromatic carbocycles. The van der Waals surface area contributed by atoms with Gasteiger partial charge >= 0.3 is 5.97 Å². The van der Waals surface area contributed by atoms with Crippen molar-refractivity contribution < 1.29 is 43.3 Å². The number of methoxy groups -OCH3 is 2. The van der Waals surface area contributed by atoms with Crippen LogP contribution in [-0.2, 0) is 25.8 Å². The standard InChI is InChI=1S/C29H27N7O9S2/c1-43-20-8-9-34(12-21(20)44-2)11-15-4-5-16(19(10-15)36(41)42)6-7-17-13-46-27-23(26(38)35(27)24(17)28(39)40)32-25(37)22(33-45-3)18-14-47-29(30)31-18/h4-10,12,14,23,27H,11,13H2,1-3H3,(H3-,30,31,32,37,39,40)/p+1/b7-6-,33-22-/t23-,27-/m1/s1. The maximum atomic E-state index is 13.2. The Balaban J connectivity index is 1.35. The number of pyridine rings is 1. The number of ether oxygens (including phenoxy) is 2.